The standard InChI is InChI=1S/C19H16FN3O/c20-14-11-9-13(10-12-14)19(24)21-18-16-7-4-8-17(16)22-23(18)15-5-2-1-3-6-15/h1-3,5-6,9-12H,4,7-8H2,(H,21,24). The van der Waals surface area contributed by atoms with Crippen LogP contribution in [0.4, 0.5) is 10.2 Å². The van der Waals surface area contributed by atoms with Crippen LogP contribution in [0.5, 0.6) is 0 Å². The second kappa shape index (κ2) is 5.92. The summed E-state index contributed by atoms with van der Waals surface area (Å²) in [6, 6.07) is 15.3. The number of nitrogens with one attached hydrogen (secondary N) is 1. The molecule has 3 aromatic rings. The first kappa shape index (κ1) is 14.6. The lowest BCUT2D eigenvalue weighted by Gasteiger charge is -2.11. The van der Waals surface area contributed by atoms with Gasteiger partial charge in [0.1, 0.15) is 11.6 Å². The summed E-state index contributed by atoms with van der Waals surface area (Å²) in [5.74, 6) is 0.0894. The van der Waals surface area contributed by atoms with E-state index in [1.807, 2.05) is 30.3 Å². The fourth-order valence-corrected chi connectivity index (χ4v) is 3.06. The molecule has 0 saturated carbocycles. The molecule has 0 fully saturated rings. The summed E-state index contributed by atoms with van der Waals surface area (Å²) in [5.41, 5.74) is 3.45. The second-order valence-electron chi connectivity index (χ2n) is 5.84. The predicted octanol–water partition coefficient (Wildman–Crippen LogP) is 3.75. The van der Waals surface area contributed by atoms with Gasteiger partial charge in [0.05, 0.1) is 11.4 Å². The Morgan fingerprint density at radius 3 is 2.54 bits per heavy atom. The van der Waals surface area contributed by atoms with Gasteiger partial charge >= 0.3 is 0 Å². The number of nitrogens with zero attached hydrogens (tertiary/aromatic N) is 2. The monoisotopic (exact) mass is 321 g/mol. The largest absolute Gasteiger partial charge is 0.306 e. The summed E-state index contributed by atoms with van der Waals surface area (Å²) in [4.78, 5) is 12.5. The second-order valence-corrected chi connectivity index (χ2v) is 5.84. The molecule has 4 rings (SSSR count). The number of para-hydroxylation sites is 1. The van der Waals surface area contributed by atoms with E-state index in [9.17, 15) is 9.18 Å². The normalized spacial score (nSPS) is 12.9. The minimum Gasteiger partial charge on any atom is -0.306 e. The molecule has 1 aliphatic rings. The third-order valence-corrected chi connectivity index (χ3v) is 4.25. The van der Waals surface area contributed by atoms with Crippen molar-refractivity contribution in [2.75, 3.05) is 5.32 Å². The van der Waals surface area contributed by atoms with Crippen LogP contribution in [-0.2, 0) is 12.8 Å². The fraction of sp³-hybridized carbons (Fsp3) is 0.158. The molecule has 0 spiro atoms. The summed E-state index contributed by atoms with van der Waals surface area (Å²) in [6.07, 6.45) is 2.88. The Morgan fingerprint density at radius 2 is 1.79 bits per heavy atom. The maximum atomic E-state index is 13.0. The number of halogens is 1. The summed E-state index contributed by atoms with van der Waals surface area (Å²) in [7, 11) is 0. The first-order chi connectivity index (χ1) is 11.7. The maximum Gasteiger partial charge on any atom is 0.256 e. The van der Waals surface area contributed by atoms with E-state index in [2.05, 4.69) is 10.4 Å². The van der Waals surface area contributed by atoms with Crippen molar-refractivity contribution in [2.24, 2.45) is 0 Å². The Morgan fingerprint density at radius 1 is 1.04 bits per heavy atom. The molecule has 0 atom stereocenters. The minimum atomic E-state index is -0.359. The first-order valence-electron chi connectivity index (χ1n) is 7.95. The van der Waals surface area contributed by atoms with Crippen molar-refractivity contribution in [1.29, 1.82) is 0 Å². The summed E-state index contributed by atoms with van der Waals surface area (Å²) < 4.78 is 14.8. The van der Waals surface area contributed by atoms with E-state index in [-0.39, 0.29) is 11.7 Å². The van der Waals surface area contributed by atoms with E-state index in [1.54, 1.807) is 4.68 Å². The number of amides is 1. The van der Waals surface area contributed by atoms with Crippen molar-refractivity contribution in [2.45, 2.75) is 19.3 Å². The fourth-order valence-electron chi connectivity index (χ4n) is 3.06. The summed E-state index contributed by atoms with van der Waals surface area (Å²) in [6.45, 7) is 0. The number of anilines is 1. The lowest BCUT2D eigenvalue weighted by molar-refractivity contribution is 0.102. The molecule has 1 heterocycles. The molecule has 24 heavy (non-hydrogen) atoms. The van der Waals surface area contributed by atoms with Crippen LogP contribution in [0.3, 0.4) is 0 Å². The number of aromatic nitrogens is 2. The average Bonchev–Trinajstić information content (AvgIpc) is 3.19. The summed E-state index contributed by atoms with van der Waals surface area (Å²) in [5, 5.41) is 7.63. The highest BCUT2D eigenvalue weighted by Gasteiger charge is 2.24. The molecule has 0 aliphatic heterocycles. The molecule has 1 aliphatic carbocycles. The van der Waals surface area contributed by atoms with Crippen LogP contribution in [0.1, 0.15) is 28.0 Å². The number of rotatable bonds is 3. The number of fused-ring (bicyclic) bond motifs is 1. The number of aryl methyl sites for hydroxylation is 1. The van der Waals surface area contributed by atoms with Crippen LogP contribution in [-0.4, -0.2) is 15.7 Å². The first-order valence-corrected chi connectivity index (χ1v) is 7.95. The average molecular weight is 321 g/mol. The number of hydrogen-bond donors (Lipinski definition) is 1. The Bertz CT molecular complexity index is 885. The van der Waals surface area contributed by atoms with Gasteiger partial charge in [0.2, 0.25) is 0 Å². The van der Waals surface area contributed by atoms with Gasteiger partial charge in [0.15, 0.2) is 0 Å². The number of benzene rings is 2. The lowest BCUT2D eigenvalue weighted by atomic mass is 10.2. The van der Waals surface area contributed by atoms with Gasteiger partial charge in [0, 0.05) is 11.1 Å². The van der Waals surface area contributed by atoms with Crippen LogP contribution in [0.25, 0.3) is 5.69 Å². The van der Waals surface area contributed by atoms with Gasteiger partial charge < -0.3 is 5.32 Å². The van der Waals surface area contributed by atoms with Crippen molar-refractivity contribution >= 4 is 11.7 Å². The van der Waals surface area contributed by atoms with Crippen LogP contribution in [0, 0.1) is 5.82 Å². The molecule has 0 radical (unpaired) electrons. The van der Waals surface area contributed by atoms with Crippen molar-refractivity contribution in [3.8, 4) is 5.69 Å². The zero-order valence-electron chi connectivity index (χ0n) is 13.0. The number of hydrogen-bond acceptors (Lipinski definition) is 2. The van der Waals surface area contributed by atoms with Crippen molar-refractivity contribution in [1.82, 2.24) is 9.78 Å². The highest BCUT2D eigenvalue weighted by molar-refractivity contribution is 6.04. The topological polar surface area (TPSA) is 46.9 Å². The minimum absolute atomic E-state index is 0.262. The van der Waals surface area contributed by atoms with E-state index < -0.39 is 0 Å². The van der Waals surface area contributed by atoms with Gasteiger partial charge in [-0.15, -0.1) is 0 Å². The molecular weight excluding hydrogens is 305 g/mol. The van der Waals surface area contributed by atoms with Gasteiger partial charge in [-0.3, -0.25) is 4.79 Å². The molecule has 1 aromatic heterocycles. The molecular formula is C19H16FN3O. The highest BCUT2D eigenvalue weighted by Crippen LogP contribution is 2.31. The lowest BCUT2D eigenvalue weighted by Crippen LogP contribution is -2.16. The Kier molecular flexibility index (Phi) is 3.61. The highest BCUT2D eigenvalue weighted by atomic mass is 19.1. The quantitative estimate of drug-likeness (QED) is 0.798. The third kappa shape index (κ3) is 2.58. The summed E-state index contributed by atoms with van der Waals surface area (Å²) >= 11 is 0. The van der Waals surface area contributed by atoms with E-state index in [0.717, 1.165) is 36.2 Å². The zero-order chi connectivity index (χ0) is 16.5. The van der Waals surface area contributed by atoms with E-state index in [4.69, 9.17) is 0 Å². The third-order valence-electron chi connectivity index (χ3n) is 4.25. The molecule has 1 N–H and O–H groups in total. The van der Waals surface area contributed by atoms with Crippen LogP contribution in [0.15, 0.2) is 54.6 Å². The van der Waals surface area contributed by atoms with Crippen LogP contribution in [0.2, 0.25) is 0 Å². The van der Waals surface area contributed by atoms with Gasteiger partial charge in [-0.25, -0.2) is 9.07 Å². The smallest absolute Gasteiger partial charge is 0.256 e. The molecule has 4 nitrogen and oxygen atoms in total. The molecule has 2 aromatic carbocycles. The van der Waals surface area contributed by atoms with Gasteiger partial charge in [-0.1, -0.05) is 18.2 Å². The van der Waals surface area contributed by atoms with Crippen molar-refractivity contribution in [3.05, 3.63) is 77.2 Å². The molecule has 1 amide bonds. The van der Waals surface area contributed by atoms with E-state index in [0.29, 0.717) is 11.4 Å². The van der Waals surface area contributed by atoms with E-state index in [1.165, 1.54) is 24.3 Å². The zero-order valence-corrected chi connectivity index (χ0v) is 13.0. The van der Waals surface area contributed by atoms with Gasteiger partial charge in [-0.05, 0) is 55.7 Å². The molecule has 5 heteroatoms. The predicted molar refractivity (Wildman–Crippen MR) is 89.9 cm³/mol. The van der Waals surface area contributed by atoms with Crippen LogP contribution < -0.4 is 5.32 Å². The Labute approximate surface area is 138 Å². The SMILES string of the molecule is O=C(Nc1c2c(nn1-c1ccccc1)CCC2)c1ccc(F)cc1. The van der Waals surface area contributed by atoms with Gasteiger partial charge in [0.25, 0.3) is 5.91 Å². The van der Waals surface area contributed by atoms with Gasteiger partial charge in [-0.2, -0.15) is 5.10 Å². The molecule has 120 valence electrons. The van der Waals surface area contributed by atoms with E-state index >= 15 is 0 Å². The molecule has 0 bridgehead atoms. The van der Waals surface area contributed by atoms with Crippen molar-refractivity contribution < 1.29 is 9.18 Å². The van der Waals surface area contributed by atoms with Crippen LogP contribution >= 0.6 is 0 Å². The molecule has 0 unspecified atom stereocenters. The number of carbonyl (C=O) groups excluding carboxylic acids is 1. The Balaban J connectivity index is 1.72. The maximum absolute atomic E-state index is 13.0. The van der Waals surface area contributed by atoms with Crippen molar-refractivity contribution in [3.63, 3.8) is 0 Å². The Hall–Kier alpha value is -2.95. The number of carbonyl (C=O) groups is 1. The molecule has 0 saturated heterocycles.